The maximum Gasteiger partial charge on any atom is 0.246 e. The zero-order valence-electron chi connectivity index (χ0n) is 10.3. The van der Waals surface area contributed by atoms with E-state index in [0.717, 1.165) is 30.2 Å². The van der Waals surface area contributed by atoms with E-state index in [1.54, 1.807) is 17.4 Å². The molecule has 1 amide bonds. The number of piperidine rings is 1. The molecule has 3 nitrogen and oxygen atoms in total. The van der Waals surface area contributed by atoms with Gasteiger partial charge in [0.25, 0.3) is 0 Å². The van der Waals surface area contributed by atoms with E-state index >= 15 is 0 Å². The first-order valence-electron chi connectivity index (χ1n) is 6.04. The van der Waals surface area contributed by atoms with Crippen LogP contribution >= 0.6 is 11.3 Å². The van der Waals surface area contributed by atoms with Crippen molar-refractivity contribution >= 4 is 23.3 Å². The Balaban J connectivity index is 1.94. The number of thiazole rings is 1. The second-order valence-corrected chi connectivity index (χ2v) is 5.72. The Bertz CT molecular complexity index is 425. The first-order chi connectivity index (χ1) is 8.15. The minimum Gasteiger partial charge on any atom is -0.339 e. The van der Waals surface area contributed by atoms with E-state index in [4.69, 9.17) is 0 Å². The molecular formula is C13H18N2OS. The highest BCUT2D eigenvalue weighted by Crippen LogP contribution is 2.16. The van der Waals surface area contributed by atoms with Crippen molar-refractivity contribution in [2.24, 2.45) is 5.92 Å². The average Bonchev–Trinajstić information content (AvgIpc) is 2.72. The molecular weight excluding hydrogens is 232 g/mol. The Morgan fingerprint density at radius 2 is 2.47 bits per heavy atom. The van der Waals surface area contributed by atoms with E-state index in [9.17, 15) is 4.79 Å². The van der Waals surface area contributed by atoms with Gasteiger partial charge in [-0.1, -0.05) is 6.92 Å². The summed E-state index contributed by atoms with van der Waals surface area (Å²) in [5.41, 5.74) is 0.880. The van der Waals surface area contributed by atoms with Crippen molar-refractivity contribution in [3.8, 4) is 0 Å². The van der Waals surface area contributed by atoms with Crippen LogP contribution in [0.2, 0.25) is 0 Å². The van der Waals surface area contributed by atoms with Crippen molar-refractivity contribution in [2.45, 2.75) is 26.7 Å². The van der Waals surface area contributed by atoms with Gasteiger partial charge in [-0.25, -0.2) is 4.98 Å². The molecule has 1 aliphatic heterocycles. The topological polar surface area (TPSA) is 33.2 Å². The summed E-state index contributed by atoms with van der Waals surface area (Å²) < 4.78 is 0. The van der Waals surface area contributed by atoms with E-state index in [-0.39, 0.29) is 5.91 Å². The van der Waals surface area contributed by atoms with Crippen LogP contribution in [0.1, 0.15) is 30.5 Å². The summed E-state index contributed by atoms with van der Waals surface area (Å²) in [6.45, 7) is 5.95. The van der Waals surface area contributed by atoms with Crippen LogP contribution < -0.4 is 0 Å². The van der Waals surface area contributed by atoms with Crippen LogP contribution in [0.5, 0.6) is 0 Å². The van der Waals surface area contributed by atoms with Crippen LogP contribution in [-0.2, 0) is 4.79 Å². The van der Waals surface area contributed by atoms with Crippen LogP contribution in [0.25, 0.3) is 6.08 Å². The third kappa shape index (κ3) is 3.40. The molecule has 2 rings (SSSR count). The number of aromatic nitrogens is 1. The van der Waals surface area contributed by atoms with E-state index < -0.39 is 0 Å². The first kappa shape index (κ1) is 12.3. The van der Waals surface area contributed by atoms with Gasteiger partial charge in [0.1, 0.15) is 0 Å². The highest BCUT2D eigenvalue weighted by atomic mass is 32.1. The smallest absolute Gasteiger partial charge is 0.246 e. The van der Waals surface area contributed by atoms with Gasteiger partial charge in [-0.2, -0.15) is 0 Å². The molecule has 92 valence electrons. The summed E-state index contributed by atoms with van der Waals surface area (Å²) in [6.07, 6.45) is 5.81. The molecule has 1 saturated heterocycles. The number of aryl methyl sites for hydroxylation is 1. The van der Waals surface area contributed by atoms with Gasteiger partial charge >= 0.3 is 0 Å². The molecule has 1 unspecified atom stereocenters. The van der Waals surface area contributed by atoms with E-state index in [2.05, 4.69) is 11.9 Å². The number of rotatable bonds is 2. The quantitative estimate of drug-likeness (QED) is 0.756. The Kier molecular flexibility index (Phi) is 3.94. The maximum atomic E-state index is 11.9. The average molecular weight is 250 g/mol. The standard InChI is InChI=1S/C13H18N2OS/c1-10-4-3-7-15(8-10)13(16)6-5-12-9-17-11(2)14-12/h5-6,9-10H,3-4,7-8H2,1-2H3/b6-5+. The molecule has 17 heavy (non-hydrogen) atoms. The second kappa shape index (κ2) is 5.45. The lowest BCUT2D eigenvalue weighted by molar-refractivity contribution is -0.127. The molecule has 0 N–H and O–H groups in total. The van der Waals surface area contributed by atoms with Gasteiger partial charge in [-0.05, 0) is 31.8 Å². The highest BCUT2D eigenvalue weighted by Gasteiger charge is 2.18. The molecule has 0 aromatic carbocycles. The van der Waals surface area contributed by atoms with Gasteiger partial charge in [-0.15, -0.1) is 11.3 Å². The second-order valence-electron chi connectivity index (χ2n) is 4.66. The monoisotopic (exact) mass is 250 g/mol. The fourth-order valence-electron chi connectivity index (χ4n) is 2.11. The van der Waals surface area contributed by atoms with E-state index in [0.29, 0.717) is 5.92 Å². The van der Waals surface area contributed by atoms with Gasteiger partial charge in [0, 0.05) is 24.5 Å². The predicted octanol–water partition coefficient (Wildman–Crippen LogP) is 2.72. The van der Waals surface area contributed by atoms with Crippen molar-refractivity contribution < 1.29 is 4.79 Å². The number of nitrogens with zero attached hydrogens (tertiary/aromatic N) is 2. The molecule has 0 aliphatic carbocycles. The van der Waals surface area contributed by atoms with E-state index in [1.165, 1.54) is 6.42 Å². The van der Waals surface area contributed by atoms with Crippen molar-refractivity contribution in [2.75, 3.05) is 13.1 Å². The normalized spacial score (nSPS) is 21.1. The predicted molar refractivity (Wildman–Crippen MR) is 70.9 cm³/mol. The molecule has 1 aromatic heterocycles. The fraction of sp³-hybridized carbons (Fsp3) is 0.538. The summed E-state index contributed by atoms with van der Waals surface area (Å²) in [6, 6.07) is 0. The molecule has 2 heterocycles. The Morgan fingerprint density at radius 1 is 1.65 bits per heavy atom. The summed E-state index contributed by atoms with van der Waals surface area (Å²) >= 11 is 1.60. The van der Waals surface area contributed by atoms with Crippen LogP contribution in [0.15, 0.2) is 11.5 Å². The van der Waals surface area contributed by atoms with Gasteiger partial charge in [0.05, 0.1) is 10.7 Å². The summed E-state index contributed by atoms with van der Waals surface area (Å²) in [4.78, 5) is 18.2. The van der Waals surface area contributed by atoms with Crippen LogP contribution in [0.3, 0.4) is 0 Å². The number of hydrogen-bond donors (Lipinski definition) is 0. The molecule has 0 saturated carbocycles. The van der Waals surface area contributed by atoms with Crippen LogP contribution in [-0.4, -0.2) is 28.9 Å². The summed E-state index contributed by atoms with van der Waals surface area (Å²) in [5, 5.41) is 3.00. The molecule has 4 heteroatoms. The van der Waals surface area contributed by atoms with Crippen molar-refractivity contribution in [3.63, 3.8) is 0 Å². The number of hydrogen-bond acceptors (Lipinski definition) is 3. The molecule has 0 bridgehead atoms. The number of carbonyl (C=O) groups excluding carboxylic acids is 1. The van der Waals surface area contributed by atoms with Crippen molar-refractivity contribution in [1.29, 1.82) is 0 Å². The maximum absolute atomic E-state index is 11.9. The highest BCUT2D eigenvalue weighted by molar-refractivity contribution is 7.09. The minimum atomic E-state index is 0.113. The lowest BCUT2D eigenvalue weighted by Gasteiger charge is -2.30. The molecule has 1 aromatic rings. The van der Waals surface area contributed by atoms with Crippen molar-refractivity contribution in [1.82, 2.24) is 9.88 Å². The van der Waals surface area contributed by atoms with Gasteiger partial charge in [0.2, 0.25) is 5.91 Å². The SMILES string of the molecule is Cc1nc(/C=C/C(=O)N2CCCC(C)C2)cs1. The van der Waals surface area contributed by atoms with Gasteiger partial charge in [-0.3, -0.25) is 4.79 Å². The van der Waals surface area contributed by atoms with Crippen LogP contribution in [0.4, 0.5) is 0 Å². The van der Waals surface area contributed by atoms with E-state index in [1.807, 2.05) is 23.3 Å². The fourth-order valence-corrected chi connectivity index (χ4v) is 2.69. The third-order valence-corrected chi connectivity index (χ3v) is 3.79. The zero-order valence-corrected chi connectivity index (χ0v) is 11.2. The Hall–Kier alpha value is -1.16. The Labute approximate surface area is 106 Å². The van der Waals surface area contributed by atoms with Gasteiger partial charge < -0.3 is 4.90 Å². The lowest BCUT2D eigenvalue weighted by Crippen LogP contribution is -2.38. The Morgan fingerprint density at radius 3 is 3.12 bits per heavy atom. The minimum absolute atomic E-state index is 0.113. The van der Waals surface area contributed by atoms with Crippen LogP contribution in [0, 0.1) is 12.8 Å². The van der Waals surface area contributed by atoms with Crippen molar-refractivity contribution in [3.05, 3.63) is 22.2 Å². The number of likely N-dealkylation sites (tertiary alicyclic amines) is 1. The molecule has 1 fully saturated rings. The number of carbonyl (C=O) groups is 1. The third-order valence-electron chi connectivity index (χ3n) is 3.00. The summed E-state index contributed by atoms with van der Waals surface area (Å²) in [5.74, 6) is 0.741. The largest absolute Gasteiger partial charge is 0.339 e. The lowest BCUT2D eigenvalue weighted by atomic mass is 10.0. The summed E-state index contributed by atoms with van der Waals surface area (Å²) in [7, 11) is 0. The van der Waals surface area contributed by atoms with Gasteiger partial charge in [0.15, 0.2) is 0 Å². The molecule has 0 radical (unpaired) electrons. The molecule has 1 atom stereocenters. The molecule has 1 aliphatic rings. The number of amides is 1. The zero-order chi connectivity index (χ0) is 12.3. The first-order valence-corrected chi connectivity index (χ1v) is 6.92. The molecule has 0 spiro atoms.